The van der Waals surface area contributed by atoms with Crippen molar-refractivity contribution in [3.63, 3.8) is 0 Å². The Balaban J connectivity index is 0.00000261. The van der Waals surface area contributed by atoms with Gasteiger partial charge in [0, 0.05) is 32.6 Å². The number of piperidine rings is 1. The molecule has 1 N–H and O–H groups in total. The van der Waals surface area contributed by atoms with E-state index in [1.54, 1.807) is 4.90 Å². The molecule has 0 radical (unpaired) electrons. The summed E-state index contributed by atoms with van der Waals surface area (Å²) in [4.78, 5) is 28.3. The quantitative estimate of drug-likeness (QED) is 0.818. The lowest BCUT2D eigenvalue weighted by Crippen LogP contribution is -2.50. The number of piperazine rings is 1. The number of carbonyl (C=O) groups is 2. The van der Waals surface area contributed by atoms with E-state index in [4.69, 9.17) is 11.6 Å². The van der Waals surface area contributed by atoms with Crippen molar-refractivity contribution in [2.24, 2.45) is 5.92 Å². The SMILES string of the molecule is Cl.O=C(CCC1CCNCC1)N1CCN(C(=O)c2c(F)cccc2Cl)CC1. The maximum atomic E-state index is 13.9. The molecule has 27 heavy (non-hydrogen) atoms. The highest BCUT2D eigenvalue weighted by molar-refractivity contribution is 6.33. The van der Waals surface area contributed by atoms with Crippen LogP contribution in [0.5, 0.6) is 0 Å². The first kappa shape index (κ1) is 21.9. The molecular weight excluding hydrogens is 392 g/mol. The summed E-state index contributed by atoms with van der Waals surface area (Å²) < 4.78 is 13.9. The summed E-state index contributed by atoms with van der Waals surface area (Å²) in [7, 11) is 0. The van der Waals surface area contributed by atoms with Crippen molar-refractivity contribution in [3.05, 3.63) is 34.6 Å². The fourth-order valence-electron chi connectivity index (χ4n) is 3.68. The van der Waals surface area contributed by atoms with E-state index in [9.17, 15) is 14.0 Å². The highest BCUT2D eigenvalue weighted by Crippen LogP contribution is 2.22. The zero-order valence-corrected chi connectivity index (χ0v) is 16.8. The number of amides is 2. The van der Waals surface area contributed by atoms with Crippen LogP contribution < -0.4 is 5.32 Å². The Bertz CT molecular complexity index is 640. The van der Waals surface area contributed by atoms with Crippen molar-refractivity contribution in [3.8, 4) is 0 Å². The first-order chi connectivity index (χ1) is 12.6. The number of carbonyl (C=O) groups excluding carboxylic acids is 2. The van der Waals surface area contributed by atoms with Gasteiger partial charge in [0.1, 0.15) is 5.82 Å². The summed E-state index contributed by atoms with van der Waals surface area (Å²) in [6.07, 6.45) is 3.78. The van der Waals surface area contributed by atoms with Crippen LogP contribution in [0.4, 0.5) is 4.39 Å². The zero-order chi connectivity index (χ0) is 18.5. The minimum atomic E-state index is -0.608. The van der Waals surface area contributed by atoms with Crippen LogP contribution in [0.1, 0.15) is 36.0 Å². The number of rotatable bonds is 4. The molecule has 0 spiro atoms. The van der Waals surface area contributed by atoms with Gasteiger partial charge < -0.3 is 15.1 Å². The Kier molecular flexibility index (Phi) is 8.32. The average Bonchev–Trinajstić information content (AvgIpc) is 2.67. The largest absolute Gasteiger partial charge is 0.339 e. The molecule has 1 aromatic rings. The molecule has 2 saturated heterocycles. The number of nitrogens with zero attached hydrogens (tertiary/aromatic N) is 2. The summed E-state index contributed by atoms with van der Waals surface area (Å²) in [5.41, 5.74) is -0.0835. The first-order valence-electron chi connectivity index (χ1n) is 9.28. The van der Waals surface area contributed by atoms with Crippen LogP contribution in [0, 0.1) is 11.7 Å². The third kappa shape index (κ3) is 5.56. The summed E-state index contributed by atoms with van der Waals surface area (Å²) >= 11 is 5.98. The second-order valence-electron chi connectivity index (χ2n) is 7.00. The van der Waals surface area contributed by atoms with Crippen LogP contribution in [0.15, 0.2) is 18.2 Å². The Morgan fingerprint density at radius 1 is 1.11 bits per heavy atom. The molecule has 5 nitrogen and oxygen atoms in total. The fourth-order valence-corrected chi connectivity index (χ4v) is 3.92. The molecule has 2 fully saturated rings. The Labute approximate surface area is 170 Å². The number of hydrogen-bond acceptors (Lipinski definition) is 3. The standard InChI is InChI=1S/C19H25ClFN3O2.ClH/c20-15-2-1-3-16(21)18(15)19(26)24-12-10-23(11-13-24)17(25)5-4-14-6-8-22-9-7-14;/h1-3,14,22H,4-13H2;1H. The summed E-state index contributed by atoms with van der Waals surface area (Å²) in [6, 6.07) is 4.23. The maximum absolute atomic E-state index is 13.9. The van der Waals surface area contributed by atoms with Crippen molar-refractivity contribution in [2.75, 3.05) is 39.3 Å². The molecule has 2 aliphatic rings. The molecule has 0 saturated carbocycles. The normalized spacial score (nSPS) is 18.1. The van der Waals surface area contributed by atoms with E-state index < -0.39 is 11.7 Å². The molecule has 0 atom stereocenters. The van der Waals surface area contributed by atoms with Gasteiger partial charge in [-0.2, -0.15) is 0 Å². The van der Waals surface area contributed by atoms with Gasteiger partial charge >= 0.3 is 0 Å². The molecule has 150 valence electrons. The van der Waals surface area contributed by atoms with Gasteiger partial charge in [-0.05, 0) is 50.4 Å². The van der Waals surface area contributed by atoms with E-state index in [0.717, 1.165) is 32.4 Å². The molecule has 2 amide bonds. The molecule has 0 aromatic heterocycles. The van der Waals surface area contributed by atoms with Gasteiger partial charge in [-0.1, -0.05) is 17.7 Å². The lowest BCUT2D eigenvalue weighted by molar-refractivity contribution is -0.133. The molecule has 0 bridgehead atoms. The summed E-state index contributed by atoms with van der Waals surface area (Å²) in [5.74, 6) is -0.233. The fraction of sp³-hybridized carbons (Fsp3) is 0.579. The van der Waals surface area contributed by atoms with Crippen molar-refractivity contribution in [1.82, 2.24) is 15.1 Å². The molecule has 0 aliphatic carbocycles. The molecule has 3 rings (SSSR count). The number of hydrogen-bond donors (Lipinski definition) is 1. The van der Waals surface area contributed by atoms with E-state index in [1.807, 2.05) is 4.90 Å². The predicted octanol–water partition coefficient (Wildman–Crippen LogP) is 2.97. The predicted molar refractivity (Wildman–Crippen MR) is 106 cm³/mol. The number of nitrogens with one attached hydrogen (secondary N) is 1. The highest BCUT2D eigenvalue weighted by atomic mass is 35.5. The van der Waals surface area contributed by atoms with Crippen LogP contribution in [0.3, 0.4) is 0 Å². The van der Waals surface area contributed by atoms with E-state index in [1.165, 1.54) is 18.2 Å². The second-order valence-corrected chi connectivity index (χ2v) is 7.41. The van der Waals surface area contributed by atoms with Crippen molar-refractivity contribution in [1.29, 1.82) is 0 Å². The van der Waals surface area contributed by atoms with Crippen LogP contribution in [-0.2, 0) is 4.79 Å². The monoisotopic (exact) mass is 417 g/mol. The zero-order valence-electron chi connectivity index (χ0n) is 15.3. The lowest BCUT2D eigenvalue weighted by atomic mass is 9.93. The van der Waals surface area contributed by atoms with E-state index in [0.29, 0.717) is 38.5 Å². The van der Waals surface area contributed by atoms with Crippen LogP contribution in [0.2, 0.25) is 5.02 Å². The van der Waals surface area contributed by atoms with Crippen molar-refractivity contribution < 1.29 is 14.0 Å². The molecule has 8 heteroatoms. The summed E-state index contributed by atoms with van der Waals surface area (Å²) in [6.45, 7) is 3.87. The van der Waals surface area contributed by atoms with Gasteiger partial charge in [0.25, 0.3) is 5.91 Å². The van der Waals surface area contributed by atoms with Gasteiger partial charge in [-0.25, -0.2) is 4.39 Å². The van der Waals surface area contributed by atoms with Crippen LogP contribution in [0.25, 0.3) is 0 Å². The van der Waals surface area contributed by atoms with E-state index in [-0.39, 0.29) is 28.9 Å². The molecule has 1 aromatic carbocycles. The van der Waals surface area contributed by atoms with E-state index in [2.05, 4.69) is 5.32 Å². The third-order valence-electron chi connectivity index (χ3n) is 5.32. The van der Waals surface area contributed by atoms with Gasteiger partial charge in [0.2, 0.25) is 5.91 Å². The molecule has 2 heterocycles. The van der Waals surface area contributed by atoms with Gasteiger partial charge in [0.15, 0.2) is 0 Å². The van der Waals surface area contributed by atoms with Crippen LogP contribution >= 0.6 is 24.0 Å². The number of halogens is 3. The first-order valence-corrected chi connectivity index (χ1v) is 9.66. The Morgan fingerprint density at radius 2 is 1.74 bits per heavy atom. The van der Waals surface area contributed by atoms with Gasteiger partial charge in [-0.3, -0.25) is 9.59 Å². The second kappa shape index (κ2) is 10.2. The third-order valence-corrected chi connectivity index (χ3v) is 5.64. The minimum absolute atomic E-state index is 0. The van der Waals surface area contributed by atoms with Crippen molar-refractivity contribution >= 4 is 35.8 Å². The summed E-state index contributed by atoms with van der Waals surface area (Å²) in [5, 5.41) is 3.45. The highest BCUT2D eigenvalue weighted by Gasteiger charge is 2.27. The van der Waals surface area contributed by atoms with Gasteiger partial charge in [-0.15, -0.1) is 12.4 Å². The molecular formula is C19H26Cl2FN3O2. The Hall–Kier alpha value is -1.37. The maximum Gasteiger partial charge on any atom is 0.258 e. The minimum Gasteiger partial charge on any atom is -0.339 e. The van der Waals surface area contributed by atoms with Gasteiger partial charge in [0.05, 0.1) is 10.6 Å². The Morgan fingerprint density at radius 3 is 2.37 bits per heavy atom. The average molecular weight is 418 g/mol. The smallest absolute Gasteiger partial charge is 0.258 e. The van der Waals surface area contributed by atoms with Crippen molar-refractivity contribution in [2.45, 2.75) is 25.7 Å². The van der Waals surface area contributed by atoms with E-state index >= 15 is 0 Å². The lowest BCUT2D eigenvalue weighted by Gasteiger charge is -2.35. The molecule has 0 unspecified atom stereocenters. The van der Waals surface area contributed by atoms with Crippen LogP contribution in [-0.4, -0.2) is 60.9 Å². The molecule has 2 aliphatic heterocycles. The topological polar surface area (TPSA) is 52.7 Å². The number of benzene rings is 1.